The lowest BCUT2D eigenvalue weighted by molar-refractivity contribution is -0.143. The molecule has 0 aliphatic carbocycles. The lowest BCUT2D eigenvalue weighted by Gasteiger charge is -2.18. The molecule has 2 rings (SSSR count). The summed E-state index contributed by atoms with van der Waals surface area (Å²) in [6.07, 6.45) is 0. The number of hydrogen-bond acceptors (Lipinski definition) is 5. The molecule has 120 valence electrons. The number of ether oxygens (including phenoxy) is 1. The Morgan fingerprint density at radius 1 is 1.09 bits per heavy atom. The first-order valence-electron chi connectivity index (χ1n) is 6.90. The van der Waals surface area contributed by atoms with E-state index in [0.717, 1.165) is 5.56 Å². The number of methoxy groups -OCH3 is 1. The molecule has 2 aromatic rings. The molecule has 23 heavy (non-hydrogen) atoms. The number of rotatable bonds is 4. The van der Waals surface area contributed by atoms with Gasteiger partial charge in [-0.25, -0.2) is 4.79 Å². The molecule has 0 radical (unpaired) electrons. The standard InChI is InChI=1S/C17H17NO5/c1-10-5-3-6-11(9-10)15(17(22)23-2)18-16(21)14-12(19)7-4-8-13(14)20/h3-9,15,19-20H,1-2H3,(H,18,21)/t15-/m1/s1. The molecule has 0 aliphatic rings. The monoisotopic (exact) mass is 315 g/mol. The molecule has 6 nitrogen and oxygen atoms in total. The van der Waals surface area contributed by atoms with Crippen molar-refractivity contribution < 1.29 is 24.5 Å². The Morgan fingerprint density at radius 3 is 2.26 bits per heavy atom. The number of esters is 1. The second kappa shape index (κ2) is 6.83. The van der Waals surface area contributed by atoms with Gasteiger partial charge in [0.05, 0.1) is 7.11 Å². The second-order valence-electron chi connectivity index (χ2n) is 5.02. The number of hydrogen-bond donors (Lipinski definition) is 3. The lowest BCUT2D eigenvalue weighted by Crippen LogP contribution is -2.34. The molecule has 0 saturated carbocycles. The van der Waals surface area contributed by atoms with E-state index >= 15 is 0 Å². The third-order valence-corrected chi connectivity index (χ3v) is 3.34. The number of aryl methyl sites for hydroxylation is 1. The SMILES string of the molecule is COC(=O)[C@H](NC(=O)c1c(O)cccc1O)c1cccc(C)c1. The van der Waals surface area contributed by atoms with E-state index in [-0.39, 0.29) is 17.1 Å². The zero-order valence-electron chi connectivity index (χ0n) is 12.7. The number of phenolic OH excluding ortho intramolecular Hbond substituents is 2. The van der Waals surface area contributed by atoms with Gasteiger partial charge in [-0.05, 0) is 24.6 Å². The molecule has 3 N–H and O–H groups in total. The van der Waals surface area contributed by atoms with E-state index < -0.39 is 17.9 Å². The van der Waals surface area contributed by atoms with Gasteiger partial charge in [-0.15, -0.1) is 0 Å². The minimum absolute atomic E-state index is 0.297. The fourth-order valence-electron chi connectivity index (χ4n) is 2.21. The van der Waals surface area contributed by atoms with Gasteiger partial charge in [0.25, 0.3) is 5.91 Å². The van der Waals surface area contributed by atoms with Crippen LogP contribution in [0.2, 0.25) is 0 Å². The van der Waals surface area contributed by atoms with Crippen molar-refractivity contribution >= 4 is 11.9 Å². The molecular formula is C17H17NO5. The van der Waals surface area contributed by atoms with Crippen molar-refractivity contribution in [3.05, 3.63) is 59.2 Å². The van der Waals surface area contributed by atoms with Crippen LogP contribution in [-0.4, -0.2) is 29.2 Å². The van der Waals surface area contributed by atoms with Crippen molar-refractivity contribution in [2.45, 2.75) is 13.0 Å². The van der Waals surface area contributed by atoms with Crippen molar-refractivity contribution in [2.24, 2.45) is 0 Å². The van der Waals surface area contributed by atoms with Gasteiger partial charge >= 0.3 is 5.97 Å². The maximum Gasteiger partial charge on any atom is 0.333 e. The molecule has 1 atom stereocenters. The predicted octanol–water partition coefficient (Wildman–Crippen LogP) is 2.05. The average Bonchev–Trinajstić information content (AvgIpc) is 2.51. The Morgan fingerprint density at radius 2 is 1.70 bits per heavy atom. The highest BCUT2D eigenvalue weighted by molar-refractivity contribution is 6.01. The summed E-state index contributed by atoms with van der Waals surface area (Å²) >= 11 is 0. The van der Waals surface area contributed by atoms with Gasteiger partial charge in [0, 0.05) is 0 Å². The topological polar surface area (TPSA) is 95.9 Å². The van der Waals surface area contributed by atoms with Gasteiger partial charge in [-0.2, -0.15) is 0 Å². The van der Waals surface area contributed by atoms with Gasteiger partial charge in [0.1, 0.15) is 17.1 Å². The third-order valence-electron chi connectivity index (χ3n) is 3.34. The smallest absolute Gasteiger partial charge is 0.333 e. The summed E-state index contributed by atoms with van der Waals surface area (Å²) in [7, 11) is 1.22. The zero-order valence-corrected chi connectivity index (χ0v) is 12.7. The summed E-state index contributed by atoms with van der Waals surface area (Å²) in [5.41, 5.74) is 1.16. The first kappa shape index (κ1) is 16.4. The van der Waals surface area contributed by atoms with Crippen LogP contribution in [0.5, 0.6) is 11.5 Å². The quantitative estimate of drug-likeness (QED) is 0.751. The van der Waals surface area contributed by atoms with Gasteiger partial charge in [-0.3, -0.25) is 4.79 Å². The Bertz CT molecular complexity index is 721. The molecule has 0 spiro atoms. The van der Waals surface area contributed by atoms with Gasteiger partial charge in [0.2, 0.25) is 0 Å². The van der Waals surface area contributed by atoms with Crippen LogP contribution in [-0.2, 0) is 9.53 Å². The van der Waals surface area contributed by atoms with Crippen molar-refractivity contribution in [3.8, 4) is 11.5 Å². The van der Waals surface area contributed by atoms with Crippen molar-refractivity contribution in [1.29, 1.82) is 0 Å². The highest BCUT2D eigenvalue weighted by Gasteiger charge is 2.26. The zero-order chi connectivity index (χ0) is 17.0. The van der Waals surface area contributed by atoms with E-state index in [4.69, 9.17) is 4.74 Å². The van der Waals surface area contributed by atoms with E-state index in [1.807, 2.05) is 13.0 Å². The van der Waals surface area contributed by atoms with Crippen LogP contribution >= 0.6 is 0 Å². The number of carbonyl (C=O) groups is 2. The summed E-state index contributed by atoms with van der Waals surface area (Å²) in [5, 5.41) is 22.0. The van der Waals surface area contributed by atoms with Crippen LogP contribution in [0, 0.1) is 6.92 Å². The Labute approximate surface area is 133 Å². The van der Waals surface area contributed by atoms with Crippen molar-refractivity contribution in [3.63, 3.8) is 0 Å². The highest BCUT2D eigenvalue weighted by Crippen LogP contribution is 2.27. The molecule has 0 unspecified atom stereocenters. The number of nitrogens with one attached hydrogen (secondary N) is 1. The van der Waals surface area contributed by atoms with Gasteiger partial charge in [-0.1, -0.05) is 35.9 Å². The maximum atomic E-state index is 12.3. The minimum atomic E-state index is -1.05. The molecule has 0 heterocycles. The second-order valence-corrected chi connectivity index (χ2v) is 5.02. The number of carbonyl (C=O) groups excluding carboxylic acids is 2. The molecule has 0 saturated heterocycles. The van der Waals surface area contributed by atoms with Crippen molar-refractivity contribution in [2.75, 3.05) is 7.11 Å². The molecular weight excluding hydrogens is 298 g/mol. The molecule has 0 aliphatic heterocycles. The molecule has 0 aromatic heterocycles. The normalized spacial score (nSPS) is 11.6. The largest absolute Gasteiger partial charge is 0.507 e. The Kier molecular flexibility index (Phi) is 4.85. The van der Waals surface area contributed by atoms with Gasteiger partial charge in [0.15, 0.2) is 6.04 Å². The van der Waals surface area contributed by atoms with E-state index in [2.05, 4.69) is 5.32 Å². The van der Waals surface area contributed by atoms with Crippen molar-refractivity contribution in [1.82, 2.24) is 5.32 Å². The summed E-state index contributed by atoms with van der Waals surface area (Å²) in [4.78, 5) is 24.3. The Hall–Kier alpha value is -3.02. The highest BCUT2D eigenvalue weighted by atomic mass is 16.5. The van der Waals surface area contributed by atoms with Crippen LogP contribution in [0.4, 0.5) is 0 Å². The van der Waals surface area contributed by atoms with E-state index in [0.29, 0.717) is 5.56 Å². The molecule has 0 fully saturated rings. The molecule has 2 aromatic carbocycles. The summed E-state index contributed by atoms with van der Waals surface area (Å²) in [5.74, 6) is -2.19. The fourth-order valence-corrected chi connectivity index (χ4v) is 2.21. The van der Waals surface area contributed by atoms with Crippen LogP contribution in [0.1, 0.15) is 27.5 Å². The molecule has 1 amide bonds. The van der Waals surface area contributed by atoms with E-state index in [9.17, 15) is 19.8 Å². The van der Waals surface area contributed by atoms with Crippen LogP contribution < -0.4 is 5.32 Å². The first-order valence-corrected chi connectivity index (χ1v) is 6.90. The lowest BCUT2D eigenvalue weighted by atomic mass is 10.0. The van der Waals surface area contributed by atoms with Gasteiger partial charge < -0.3 is 20.3 Å². The van der Waals surface area contributed by atoms with Crippen LogP contribution in [0.15, 0.2) is 42.5 Å². The van der Waals surface area contributed by atoms with E-state index in [1.165, 1.54) is 25.3 Å². The molecule has 6 heteroatoms. The number of aromatic hydroxyl groups is 2. The number of phenols is 2. The third kappa shape index (κ3) is 3.60. The van der Waals surface area contributed by atoms with Crippen LogP contribution in [0.3, 0.4) is 0 Å². The summed E-state index contributed by atoms with van der Waals surface area (Å²) in [6, 6.07) is 9.93. The number of benzene rings is 2. The maximum absolute atomic E-state index is 12.3. The fraction of sp³-hybridized carbons (Fsp3) is 0.176. The average molecular weight is 315 g/mol. The summed E-state index contributed by atoms with van der Waals surface area (Å²) < 4.78 is 4.73. The van der Waals surface area contributed by atoms with Crippen LogP contribution in [0.25, 0.3) is 0 Å². The summed E-state index contributed by atoms with van der Waals surface area (Å²) in [6.45, 7) is 1.86. The number of amides is 1. The Balaban J connectivity index is 2.35. The molecule has 0 bridgehead atoms. The first-order chi connectivity index (χ1) is 10.9. The minimum Gasteiger partial charge on any atom is -0.507 e. The predicted molar refractivity (Wildman–Crippen MR) is 83.2 cm³/mol. The van der Waals surface area contributed by atoms with E-state index in [1.54, 1.807) is 18.2 Å².